The van der Waals surface area contributed by atoms with E-state index in [1.165, 1.54) is 0 Å². The van der Waals surface area contributed by atoms with E-state index in [4.69, 9.17) is 11.5 Å². The highest BCUT2D eigenvalue weighted by Crippen LogP contribution is 2.18. The summed E-state index contributed by atoms with van der Waals surface area (Å²) in [4.78, 5) is 7.77. The van der Waals surface area contributed by atoms with Crippen LogP contribution in [0.3, 0.4) is 0 Å². The summed E-state index contributed by atoms with van der Waals surface area (Å²) in [6.45, 7) is 0. The van der Waals surface area contributed by atoms with Gasteiger partial charge in [0.1, 0.15) is 8.30 Å². The minimum Gasteiger partial charge on any atom is -0.381 e. The minimum absolute atomic E-state index is 0.257. The quantitative estimate of drug-likeness (QED) is 0.701. The van der Waals surface area contributed by atoms with Crippen molar-refractivity contribution in [2.75, 3.05) is 11.5 Å². The molecule has 0 radical (unpaired) electrons. The molecule has 1 aromatic heterocycles. The second kappa shape index (κ2) is 2.87. The third-order valence-electron chi connectivity index (χ3n) is 0.870. The summed E-state index contributed by atoms with van der Waals surface area (Å²) in [6, 6.07) is 0. The largest absolute Gasteiger partial charge is 0.381 e. The molecular weight excluding hydrogens is 311 g/mol. The lowest BCUT2D eigenvalue weighted by Gasteiger charge is -1.99. The van der Waals surface area contributed by atoms with Gasteiger partial charge in [0.15, 0.2) is 11.6 Å². The van der Waals surface area contributed by atoms with Gasteiger partial charge in [-0.25, -0.2) is 9.97 Å². The van der Waals surface area contributed by atoms with Gasteiger partial charge in [0, 0.05) is 0 Å². The van der Waals surface area contributed by atoms with Crippen molar-refractivity contribution >= 4 is 50.2 Å². The van der Waals surface area contributed by atoms with E-state index < -0.39 is 0 Å². The van der Waals surface area contributed by atoms with Gasteiger partial charge >= 0.3 is 0 Å². The van der Waals surface area contributed by atoms with Crippen molar-refractivity contribution in [1.82, 2.24) is 9.97 Å². The predicted octanol–water partition coefficient (Wildman–Crippen LogP) is 1.01. The van der Waals surface area contributed by atoms with Gasteiger partial charge in [0.25, 0.3) is 0 Å². The maximum Gasteiger partial charge on any atom is 0.167 e. The molecule has 0 aliphatic rings. The zero-order valence-corrected chi connectivity index (χ0v) is 8.55. The zero-order chi connectivity index (χ0) is 7.72. The fourth-order valence-corrected chi connectivity index (χ4v) is 1.08. The Labute approximate surface area is 79.7 Å². The molecule has 0 spiro atoms. The van der Waals surface area contributed by atoms with E-state index in [0.717, 1.165) is 0 Å². The van der Waals surface area contributed by atoms with Crippen molar-refractivity contribution in [3.63, 3.8) is 0 Å². The van der Waals surface area contributed by atoms with E-state index in [1.54, 1.807) is 0 Å². The normalized spacial score (nSPS) is 9.80. The Balaban J connectivity index is 3.28. The minimum atomic E-state index is 0.257. The second-order valence-corrected chi connectivity index (χ2v) is 3.35. The van der Waals surface area contributed by atoms with Crippen LogP contribution in [0.2, 0.25) is 0 Å². The Morgan fingerprint density at radius 1 is 1.20 bits per heavy atom. The third-order valence-corrected chi connectivity index (χ3v) is 2.92. The molecule has 1 rings (SSSR count). The molecule has 1 aromatic rings. The number of nitrogen functional groups attached to an aromatic ring is 2. The molecule has 10 heavy (non-hydrogen) atoms. The van der Waals surface area contributed by atoms with Crippen LogP contribution >= 0.6 is 38.5 Å². The molecule has 4 N–H and O–H groups in total. The first-order chi connectivity index (χ1) is 4.61. The van der Waals surface area contributed by atoms with Crippen molar-refractivity contribution < 1.29 is 0 Å². The molecule has 0 bridgehead atoms. The SMILES string of the molecule is Nc1nc(Br)c(I)nc1N. The molecule has 0 aromatic carbocycles. The molecular formula is C4H4BrIN4. The molecule has 0 amide bonds. The number of hydrogen-bond acceptors (Lipinski definition) is 4. The van der Waals surface area contributed by atoms with Crippen molar-refractivity contribution in [2.24, 2.45) is 0 Å². The van der Waals surface area contributed by atoms with Gasteiger partial charge in [-0.3, -0.25) is 0 Å². The standard InChI is InChI=1S/C4H4BrIN4/c5-1-2(6)10-4(8)3(7)9-1/h(H2,7,9)(H2,8,10). The zero-order valence-electron chi connectivity index (χ0n) is 4.81. The summed E-state index contributed by atoms with van der Waals surface area (Å²) in [5, 5.41) is 0. The first-order valence-electron chi connectivity index (χ1n) is 2.35. The van der Waals surface area contributed by atoms with E-state index in [1.807, 2.05) is 22.6 Å². The Morgan fingerprint density at radius 2 is 1.70 bits per heavy atom. The van der Waals surface area contributed by atoms with E-state index in [0.29, 0.717) is 8.30 Å². The Bertz CT molecular complexity index is 213. The predicted molar refractivity (Wildman–Crippen MR) is 51.3 cm³/mol. The lowest BCUT2D eigenvalue weighted by Crippen LogP contribution is -2.02. The second-order valence-electron chi connectivity index (χ2n) is 1.58. The Morgan fingerprint density at radius 3 is 2.20 bits per heavy atom. The number of rotatable bonds is 0. The Kier molecular flexibility index (Phi) is 2.29. The molecule has 0 saturated heterocycles. The van der Waals surface area contributed by atoms with Crippen LogP contribution in [0.25, 0.3) is 0 Å². The highest BCUT2D eigenvalue weighted by molar-refractivity contribution is 14.1. The number of hydrogen-bond donors (Lipinski definition) is 2. The van der Waals surface area contributed by atoms with Gasteiger partial charge in [-0.1, -0.05) is 0 Å². The van der Waals surface area contributed by atoms with Crippen LogP contribution < -0.4 is 11.5 Å². The van der Waals surface area contributed by atoms with Crippen LogP contribution in [0, 0.1) is 3.70 Å². The number of anilines is 2. The van der Waals surface area contributed by atoms with Gasteiger partial charge in [-0.15, -0.1) is 0 Å². The molecule has 4 nitrogen and oxygen atoms in total. The molecule has 6 heteroatoms. The van der Waals surface area contributed by atoms with Crippen LogP contribution in [-0.4, -0.2) is 9.97 Å². The fraction of sp³-hybridized carbons (Fsp3) is 0. The first-order valence-corrected chi connectivity index (χ1v) is 4.22. The maximum atomic E-state index is 5.37. The number of aromatic nitrogens is 2. The summed E-state index contributed by atoms with van der Waals surface area (Å²) >= 11 is 5.17. The molecule has 54 valence electrons. The van der Waals surface area contributed by atoms with E-state index in [2.05, 4.69) is 25.9 Å². The first kappa shape index (κ1) is 7.99. The van der Waals surface area contributed by atoms with Crippen molar-refractivity contribution in [3.8, 4) is 0 Å². The average molecular weight is 315 g/mol. The van der Waals surface area contributed by atoms with Gasteiger partial charge in [0.05, 0.1) is 0 Å². The highest BCUT2D eigenvalue weighted by atomic mass is 127. The van der Waals surface area contributed by atoms with Gasteiger partial charge in [0.2, 0.25) is 0 Å². The topological polar surface area (TPSA) is 77.8 Å². The van der Waals surface area contributed by atoms with Crippen molar-refractivity contribution in [3.05, 3.63) is 8.30 Å². The molecule has 0 fully saturated rings. The smallest absolute Gasteiger partial charge is 0.167 e. The fourth-order valence-electron chi connectivity index (χ4n) is 0.418. The van der Waals surface area contributed by atoms with Crippen molar-refractivity contribution in [2.45, 2.75) is 0 Å². The number of halogens is 2. The van der Waals surface area contributed by atoms with E-state index in [9.17, 15) is 0 Å². The summed E-state index contributed by atoms with van der Waals surface area (Å²) < 4.78 is 1.34. The highest BCUT2D eigenvalue weighted by Gasteiger charge is 2.02. The summed E-state index contributed by atoms with van der Waals surface area (Å²) in [5.74, 6) is 0.528. The van der Waals surface area contributed by atoms with Crippen LogP contribution in [-0.2, 0) is 0 Å². The number of nitrogens with two attached hydrogens (primary N) is 2. The average Bonchev–Trinajstić information content (AvgIpc) is 1.84. The van der Waals surface area contributed by atoms with Gasteiger partial charge < -0.3 is 11.5 Å². The van der Waals surface area contributed by atoms with E-state index in [-0.39, 0.29) is 11.6 Å². The molecule has 0 aliphatic carbocycles. The lowest BCUT2D eigenvalue weighted by atomic mass is 10.6. The lowest BCUT2D eigenvalue weighted by molar-refractivity contribution is 1.14. The van der Waals surface area contributed by atoms with Crippen LogP contribution in [0.5, 0.6) is 0 Å². The van der Waals surface area contributed by atoms with E-state index >= 15 is 0 Å². The monoisotopic (exact) mass is 314 g/mol. The molecule has 0 aliphatic heterocycles. The summed E-state index contributed by atoms with van der Waals surface area (Å²) in [5.41, 5.74) is 10.7. The van der Waals surface area contributed by atoms with Crippen molar-refractivity contribution in [1.29, 1.82) is 0 Å². The Hall–Kier alpha value is -0.110. The van der Waals surface area contributed by atoms with Gasteiger partial charge in [-0.05, 0) is 38.5 Å². The summed E-state index contributed by atoms with van der Waals surface area (Å²) in [7, 11) is 0. The molecule has 0 atom stereocenters. The maximum absolute atomic E-state index is 5.37. The molecule has 0 saturated carbocycles. The molecule has 0 unspecified atom stereocenters. The number of nitrogens with zero attached hydrogens (tertiary/aromatic N) is 2. The van der Waals surface area contributed by atoms with Crippen LogP contribution in [0.15, 0.2) is 4.60 Å². The summed E-state index contributed by atoms with van der Waals surface area (Å²) in [6.07, 6.45) is 0. The van der Waals surface area contributed by atoms with Gasteiger partial charge in [-0.2, -0.15) is 0 Å². The third kappa shape index (κ3) is 1.48. The van der Waals surface area contributed by atoms with Crippen LogP contribution in [0.4, 0.5) is 11.6 Å². The molecule has 1 heterocycles. The van der Waals surface area contributed by atoms with Crippen LogP contribution in [0.1, 0.15) is 0 Å².